The highest BCUT2D eigenvalue weighted by molar-refractivity contribution is 7.80. The number of hydrogen-bond donors (Lipinski definition) is 2. The quantitative estimate of drug-likeness (QED) is 0.636. The van der Waals surface area contributed by atoms with E-state index >= 15 is 0 Å². The molecule has 0 spiro atoms. The SMILES string of the molecule is CCOc1cc(N2CCOCC2)c(OCC)cc1NC(=S)NCC1CCCO1. The van der Waals surface area contributed by atoms with Crippen molar-refractivity contribution in [3.05, 3.63) is 12.1 Å². The molecule has 2 fully saturated rings. The van der Waals surface area contributed by atoms with E-state index in [2.05, 4.69) is 15.5 Å². The number of morpholine rings is 1. The first-order valence-corrected chi connectivity index (χ1v) is 10.5. The summed E-state index contributed by atoms with van der Waals surface area (Å²) in [6, 6.07) is 4.00. The van der Waals surface area contributed by atoms with Crippen LogP contribution in [0.25, 0.3) is 0 Å². The lowest BCUT2D eigenvalue weighted by Crippen LogP contribution is -2.36. The molecule has 2 N–H and O–H groups in total. The molecule has 8 heteroatoms. The van der Waals surface area contributed by atoms with Crippen LogP contribution in [0.15, 0.2) is 12.1 Å². The molecule has 2 aliphatic heterocycles. The van der Waals surface area contributed by atoms with Crippen LogP contribution < -0.4 is 25.0 Å². The van der Waals surface area contributed by atoms with Gasteiger partial charge in [-0.1, -0.05) is 0 Å². The van der Waals surface area contributed by atoms with Crippen LogP contribution in [0, 0.1) is 0 Å². The lowest BCUT2D eigenvalue weighted by molar-refractivity contribution is 0.114. The van der Waals surface area contributed by atoms with E-state index in [4.69, 9.17) is 31.2 Å². The molecule has 1 aromatic rings. The monoisotopic (exact) mass is 409 g/mol. The zero-order chi connectivity index (χ0) is 19.8. The van der Waals surface area contributed by atoms with Gasteiger partial charge >= 0.3 is 0 Å². The Hall–Kier alpha value is -1.77. The van der Waals surface area contributed by atoms with Crippen LogP contribution in [0.3, 0.4) is 0 Å². The maximum Gasteiger partial charge on any atom is 0.170 e. The maximum absolute atomic E-state index is 5.93. The molecular formula is C20H31N3O4S. The van der Waals surface area contributed by atoms with Gasteiger partial charge in [-0.3, -0.25) is 0 Å². The average molecular weight is 410 g/mol. The van der Waals surface area contributed by atoms with E-state index in [9.17, 15) is 0 Å². The number of nitrogens with one attached hydrogen (secondary N) is 2. The van der Waals surface area contributed by atoms with E-state index in [-0.39, 0.29) is 6.10 Å². The van der Waals surface area contributed by atoms with Crippen LogP contribution in [0.1, 0.15) is 26.7 Å². The van der Waals surface area contributed by atoms with E-state index in [1.165, 1.54) is 0 Å². The maximum atomic E-state index is 5.93. The number of benzene rings is 1. The Balaban J connectivity index is 1.75. The Morgan fingerprint density at radius 1 is 1.14 bits per heavy atom. The number of nitrogens with zero attached hydrogens (tertiary/aromatic N) is 1. The fraction of sp³-hybridized carbons (Fsp3) is 0.650. The van der Waals surface area contributed by atoms with Crippen molar-refractivity contribution in [1.29, 1.82) is 0 Å². The molecule has 0 aromatic heterocycles. The van der Waals surface area contributed by atoms with Crippen LogP contribution >= 0.6 is 12.2 Å². The molecule has 28 heavy (non-hydrogen) atoms. The van der Waals surface area contributed by atoms with Crippen molar-refractivity contribution in [3.8, 4) is 11.5 Å². The van der Waals surface area contributed by atoms with Crippen LogP contribution in [-0.2, 0) is 9.47 Å². The minimum Gasteiger partial charge on any atom is -0.492 e. The van der Waals surface area contributed by atoms with Crippen molar-refractivity contribution in [2.24, 2.45) is 0 Å². The number of thiocarbonyl (C=S) groups is 1. The van der Waals surface area contributed by atoms with Gasteiger partial charge in [0.05, 0.1) is 43.9 Å². The summed E-state index contributed by atoms with van der Waals surface area (Å²) in [6.45, 7) is 9.76. The predicted molar refractivity (Wildman–Crippen MR) is 115 cm³/mol. The molecule has 7 nitrogen and oxygen atoms in total. The van der Waals surface area contributed by atoms with E-state index in [0.717, 1.165) is 55.4 Å². The van der Waals surface area contributed by atoms with Gasteiger partial charge in [-0.05, 0) is 38.9 Å². The fourth-order valence-electron chi connectivity index (χ4n) is 3.42. The van der Waals surface area contributed by atoms with Gasteiger partial charge in [0, 0.05) is 38.4 Å². The molecule has 1 unspecified atom stereocenters. The first-order chi connectivity index (χ1) is 13.7. The largest absolute Gasteiger partial charge is 0.492 e. The van der Waals surface area contributed by atoms with E-state index in [1.807, 2.05) is 26.0 Å². The molecule has 3 rings (SSSR count). The lowest BCUT2D eigenvalue weighted by Gasteiger charge is -2.31. The Morgan fingerprint density at radius 3 is 2.57 bits per heavy atom. The second-order valence-corrected chi connectivity index (χ2v) is 7.16. The average Bonchev–Trinajstić information content (AvgIpc) is 3.23. The highest BCUT2D eigenvalue weighted by Crippen LogP contribution is 2.39. The van der Waals surface area contributed by atoms with Gasteiger partial charge in [-0.2, -0.15) is 0 Å². The Kier molecular flexibility index (Phi) is 8.00. The summed E-state index contributed by atoms with van der Waals surface area (Å²) in [4.78, 5) is 2.27. The Labute approximate surface area is 172 Å². The Bertz CT molecular complexity index is 647. The molecule has 0 bridgehead atoms. The summed E-state index contributed by atoms with van der Waals surface area (Å²) in [6.07, 6.45) is 2.42. The van der Waals surface area contributed by atoms with E-state index in [0.29, 0.717) is 38.1 Å². The highest BCUT2D eigenvalue weighted by Gasteiger charge is 2.20. The van der Waals surface area contributed by atoms with Gasteiger partial charge in [0.1, 0.15) is 11.5 Å². The summed E-state index contributed by atoms with van der Waals surface area (Å²) >= 11 is 5.48. The van der Waals surface area contributed by atoms with Gasteiger partial charge in [-0.15, -0.1) is 0 Å². The fourth-order valence-corrected chi connectivity index (χ4v) is 3.62. The van der Waals surface area contributed by atoms with Crippen LogP contribution in [0.2, 0.25) is 0 Å². The summed E-state index contributed by atoms with van der Waals surface area (Å²) < 4.78 is 22.9. The van der Waals surface area contributed by atoms with Crippen molar-refractivity contribution in [2.45, 2.75) is 32.8 Å². The predicted octanol–water partition coefficient (Wildman–Crippen LogP) is 2.79. The second-order valence-electron chi connectivity index (χ2n) is 6.75. The molecule has 2 heterocycles. The minimum atomic E-state index is 0.230. The molecule has 1 atom stereocenters. The molecule has 2 saturated heterocycles. The minimum absolute atomic E-state index is 0.230. The van der Waals surface area contributed by atoms with Gasteiger partial charge < -0.3 is 34.5 Å². The molecular weight excluding hydrogens is 378 g/mol. The molecule has 0 aliphatic carbocycles. The zero-order valence-electron chi connectivity index (χ0n) is 16.8. The molecule has 0 amide bonds. The van der Waals surface area contributed by atoms with Crippen LogP contribution in [-0.4, -0.2) is 63.9 Å². The third-order valence-electron chi connectivity index (χ3n) is 4.78. The third-order valence-corrected chi connectivity index (χ3v) is 5.02. The normalized spacial score (nSPS) is 19.4. The van der Waals surface area contributed by atoms with Crippen molar-refractivity contribution in [3.63, 3.8) is 0 Å². The standard InChI is InChI=1S/C20H31N3O4S/c1-3-25-18-13-17(23-7-10-24-11-8-23)19(26-4-2)12-16(18)22-20(28)21-14-15-6-5-9-27-15/h12-13,15H,3-11,14H2,1-2H3,(H2,21,22,28). The summed E-state index contributed by atoms with van der Waals surface area (Å²) in [5.74, 6) is 1.57. The van der Waals surface area contributed by atoms with E-state index < -0.39 is 0 Å². The van der Waals surface area contributed by atoms with Crippen molar-refractivity contribution < 1.29 is 18.9 Å². The van der Waals surface area contributed by atoms with Gasteiger partial charge in [-0.25, -0.2) is 0 Å². The zero-order valence-corrected chi connectivity index (χ0v) is 17.6. The van der Waals surface area contributed by atoms with Gasteiger partial charge in [0.2, 0.25) is 0 Å². The highest BCUT2D eigenvalue weighted by atomic mass is 32.1. The van der Waals surface area contributed by atoms with Crippen molar-refractivity contribution in [1.82, 2.24) is 5.32 Å². The van der Waals surface area contributed by atoms with Crippen LogP contribution in [0.5, 0.6) is 11.5 Å². The molecule has 0 saturated carbocycles. The van der Waals surface area contributed by atoms with E-state index in [1.54, 1.807) is 0 Å². The first kappa shape index (κ1) is 21.0. The second kappa shape index (κ2) is 10.7. The summed E-state index contributed by atoms with van der Waals surface area (Å²) in [5.41, 5.74) is 1.82. The summed E-state index contributed by atoms with van der Waals surface area (Å²) in [7, 11) is 0. The number of rotatable bonds is 8. The lowest BCUT2D eigenvalue weighted by atomic mass is 10.2. The van der Waals surface area contributed by atoms with Crippen molar-refractivity contribution >= 4 is 28.7 Å². The Morgan fingerprint density at radius 2 is 1.89 bits per heavy atom. The third kappa shape index (κ3) is 5.62. The van der Waals surface area contributed by atoms with Gasteiger partial charge in [0.25, 0.3) is 0 Å². The first-order valence-electron chi connectivity index (χ1n) is 10.1. The number of hydrogen-bond acceptors (Lipinski definition) is 6. The molecule has 0 radical (unpaired) electrons. The molecule has 1 aromatic carbocycles. The van der Waals surface area contributed by atoms with Crippen molar-refractivity contribution in [2.75, 3.05) is 62.9 Å². The van der Waals surface area contributed by atoms with Crippen LogP contribution in [0.4, 0.5) is 11.4 Å². The topological polar surface area (TPSA) is 64.2 Å². The summed E-state index contributed by atoms with van der Waals surface area (Å²) in [5, 5.41) is 7.06. The number of anilines is 2. The van der Waals surface area contributed by atoms with Gasteiger partial charge in [0.15, 0.2) is 5.11 Å². The smallest absolute Gasteiger partial charge is 0.170 e. The molecule has 156 valence electrons. The number of ether oxygens (including phenoxy) is 4. The molecule has 2 aliphatic rings.